The van der Waals surface area contributed by atoms with Crippen LogP contribution >= 0.6 is 0 Å². The summed E-state index contributed by atoms with van der Waals surface area (Å²) in [4.78, 5) is 36.2. The average molecular weight is 475 g/mol. The number of aryl methyl sites for hydroxylation is 1. The molecule has 0 aliphatic heterocycles. The molecule has 3 aromatic rings. The second-order valence-corrected chi connectivity index (χ2v) is 8.25. The molecular weight excluding hydrogens is 448 g/mol. The SMILES string of the molecule is COC(CNC(=O)c1ccc(C)c(NC(=O)OCC2c3ccccc3-c3ccccc32)c1)C(=O)O. The molecule has 0 spiro atoms. The first-order valence-corrected chi connectivity index (χ1v) is 11.2. The highest BCUT2D eigenvalue weighted by atomic mass is 16.5. The molecule has 1 aliphatic carbocycles. The van der Waals surface area contributed by atoms with E-state index in [0.29, 0.717) is 5.69 Å². The van der Waals surface area contributed by atoms with Gasteiger partial charge in [-0.05, 0) is 46.9 Å². The molecule has 35 heavy (non-hydrogen) atoms. The Labute approximate surface area is 202 Å². The van der Waals surface area contributed by atoms with Crippen molar-refractivity contribution in [3.63, 3.8) is 0 Å². The summed E-state index contributed by atoms with van der Waals surface area (Å²) in [5, 5.41) is 14.3. The van der Waals surface area contributed by atoms with Gasteiger partial charge in [-0.3, -0.25) is 10.1 Å². The van der Waals surface area contributed by atoms with E-state index < -0.39 is 24.1 Å². The van der Waals surface area contributed by atoms with Crippen LogP contribution in [0.25, 0.3) is 11.1 Å². The molecule has 8 nitrogen and oxygen atoms in total. The Balaban J connectivity index is 1.41. The summed E-state index contributed by atoms with van der Waals surface area (Å²) in [5.41, 5.74) is 5.96. The Bertz CT molecular complexity index is 1230. The van der Waals surface area contributed by atoms with E-state index in [0.717, 1.165) is 27.8 Å². The molecule has 2 amide bonds. The number of hydrogen-bond donors (Lipinski definition) is 3. The maximum Gasteiger partial charge on any atom is 0.411 e. The first-order chi connectivity index (χ1) is 16.9. The highest BCUT2D eigenvalue weighted by Gasteiger charge is 2.29. The molecule has 4 rings (SSSR count). The van der Waals surface area contributed by atoms with Gasteiger partial charge in [-0.15, -0.1) is 0 Å². The molecule has 0 aromatic heterocycles. The van der Waals surface area contributed by atoms with E-state index in [1.54, 1.807) is 19.1 Å². The molecule has 0 saturated heterocycles. The molecule has 0 saturated carbocycles. The van der Waals surface area contributed by atoms with Crippen molar-refractivity contribution in [2.24, 2.45) is 0 Å². The van der Waals surface area contributed by atoms with Crippen LogP contribution in [0, 0.1) is 6.92 Å². The number of methoxy groups -OCH3 is 1. The van der Waals surface area contributed by atoms with Crippen LogP contribution in [0.15, 0.2) is 66.7 Å². The molecule has 0 bridgehead atoms. The lowest BCUT2D eigenvalue weighted by molar-refractivity contribution is -0.148. The van der Waals surface area contributed by atoms with Gasteiger partial charge in [-0.2, -0.15) is 0 Å². The number of carboxylic acid groups (broad SMARTS) is 1. The van der Waals surface area contributed by atoms with Gasteiger partial charge in [0.05, 0.1) is 6.54 Å². The lowest BCUT2D eigenvalue weighted by Gasteiger charge is -2.16. The van der Waals surface area contributed by atoms with Gasteiger partial charge in [0.1, 0.15) is 6.61 Å². The highest BCUT2D eigenvalue weighted by molar-refractivity contribution is 5.97. The summed E-state index contributed by atoms with van der Waals surface area (Å²) in [6.45, 7) is 1.78. The number of amides is 2. The molecule has 1 atom stereocenters. The third-order valence-corrected chi connectivity index (χ3v) is 6.09. The van der Waals surface area contributed by atoms with Crippen LogP contribution in [-0.2, 0) is 14.3 Å². The first-order valence-electron chi connectivity index (χ1n) is 11.2. The third-order valence-electron chi connectivity index (χ3n) is 6.09. The molecule has 1 aliphatic rings. The lowest BCUT2D eigenvalue weighted by atomic mass is 9.98. The molecule has 0 fully saturated rings. The number of hydrogen-bond acceptors (Lipinski definition) is 5. The molecule has 1 unspecified atom stereocenters. The van der Waals surface area contributed by atoms with Crippen LogP contribution in [0.2, 0.25) is 0 Å². The quantitative estimate of drug-likeness (QED) is 0.451. The average Bonchev–Trinajstić information content (AvgIpc) is 3.18. The van der Waals surface area contributed by atoms with E-state index in [4.69, 9.17) is 14.6 Å². The van der Waals surface area contributed by atoms with Gasteiger partial charge in [0.15, 0.2) is 6.10 Å². The summed E-state index contributed by atoms with van der Waals surface area (Å²) in [5.74, 6) is -1.72. The van der Waals surface area contributed by atoms with E-state index in [9.17, 15) is 14.4 Å². The monoisotopic (exact) mass is 474 g/mol. The van der Waals surface area contributed by atoms with Gasteiger partial charge in [-0.1, -0.05) is 54.6 Å². The maximum atomic E-state index is 12.6. The van der Waals surface area contributed by atoms with Crippen LogP contribution in [0.4, 0.5) is 10.5 Å². The topological polar surface area (TPSA) is 114 Å². The number of nitrogens with one attached hydrogen (secondary N) is 2. The number of anilines is 1. The predicted molar refractivity (Wildman–Crippen MR) is 131 cm³/mol. The van der Waals surface area contributed by atoms with Crippen LogP contribution in [0.3, 0.4) is 0 Å². The lowest BCUT2D eigenvalue weighted by Crippen LogP contribution is -2.37. The minimum atomic E-state index is -1.17. The number of aliphatic carboxylic acids is 1. The Hall–Kier alpha value is -4.17. The van der Waals surface area contributed by atoms with Crippen molar-refractivity contribution in [1.29, 1.82) is 0 Å². The fourth-order valence-electron chi connectivity index (χ4n) is 4.20. The van der Waals surface area contributed by atoms with Gasteiger partial charge in [-0.25, -0.2) is 9.59 Å². The van der Waals surface area contributed by atoms with E-state index in [2.05, 4.69) is 22.8 Å². The summed E-state index contributed by atoms with van der Waals surface area (Å²) in [6, 6.07) is 21.0. The zero-order valence-corrected chi connectivity index (χ0v) is 19.4. The number of fused-ring (bicyclic) bond motifs is 3. The molecule has 0 radical (unpaired) electrons. The van der Waals surface area contributed by atoms with Crippen molar-refractivity contribution in [3.8, 4) is 11.1 Å². The molecule has 3 N–H and O–H groups in total. The van der Waals surface area contributed by atoms with Crippen LogP contribution < -0.4 is 10.6 Å². The molecule has 0 heterocycles. The zero-order chi connectivity index (χ0) is 24.9. The van der Waals surface area contributed by atoms with Crippen LogP contribution in [0.1, 0.15) is 33.0 Å². The number of rotatable bonds is 8. The Morgan fingerprint density at radius 3 is 2.20 bits per heavy atom. The number of benzene rings is 3. The Morgan fingerprint density at radius 2 is 1.60 bits per heavy atom. The standard InChI is InChI=1S/C27H26N2O6/c1-16-11-12-17(25(30)28-14-24(34-2)26(31)32)13-23(16)29-27(33)35-15-22-20-9-5-3-7-18(20)19-8-4-6-10-21(19)22/h3-13,22,24H,14-15H2,1-2H3,(H,28,30)(H,29,33)(H,31,32). The summed E-state index contributed by atoms with van der Waals surface area (Å²) in [7, 11) is 1.26. The van der Waals surface area contributed by atoms with Crippen molar-refractivity contribution < 1.29 is 29.0 Å². The fourth-order valence-corrected chi connectivity index (χ4v) is 4.20. The number of ether oxygens (including phenoxy) is 2. The maximum absolute atomic E-state index is 12.6. The van der Waals surface area contributed by atoms with Crippen LogP contribution in [-0.4, -0.2) is 49.4 Å². The normalized spacial score (nSPS) is 12.9. The summed E-state index contributed by atoms with van der Waals surface area (Å²) in [6.07, 6.45) is -1.78. The van der Waals surface area contributed by atoms with Crippen molar-refractivity contribution in [1.82, 2.24) is 5.32 Å². The largest absolute Gasteiger partial charge is 0.479 e. The molecular formula is C27H26N2O6. The van der Waals surface area contributed by atoms with E-state index in [1.807, 2.05) is 36.4 Å². The number of carbonyl (C=O) groups is 3. The molecule has 180 valence electrons. The minimum Gasteiger partial charge on any atom is -0.479 e. The minimum absolute atomic E-state index is 0.0608. The molecule has 3 aromatic carbocycles. The van der Waals surface area contributed by atoms with E-state index in [-0.39, 0.29) is 24.6 Å². The van der Waals surface area contributed by atoms with E-state index >= 15 is 0 Å². The van der Waals surface area contributed by atoms with Crippen molar-refractivity contribution in [2.45, 2.75) is 18.9 Å². The second-order valence-electron chi connectivity index (χ2n) is 8.25. The summed E-state index contributed by atoms with van der Waals surface area (Å²) >= 11 is 0. The van der Waals surface area contributed by atoms with Gasteiger partial charge in [0.2, 0.25) is 0 Å². The van der Waals surface area contributed by atoms with Crippen LogP contribution in [0.5, 0.6) is 0 Å². The van der Waals surface area contributed by atoms with E-state index in [1.165, 1.54) is 13.2 Å². The van der Waals surface area contributed by atoms with Gasteiger partial charge in [0, 0.05) is 24.3 Å². The van der Waals surface area contributed by atoms with Crippen molar-refractivity contribution in [2.75, 3.05) is 25.6 Å². The van der Waals surface area contributed by atoms with Crippen molar-refractivity contribution in [3.05, 3.63) is 89.0 Å². The fraction of sp³-hybridized carbons (Fsp3) is 0.222. The summed E-state index contributed by atoms with van der Waals surface area (Å²) < 4.78 is 10.4. The Morgan fingerprint density at radius 1 is 0.971 bits per heavy atom. The zero-order valence-electron chi connectivity index (χ0n) is 19.4. The van der Waals surface area contributed by atoms with Gasteiger partial charge >= 0.3 is 12.1 Å². The third kappa shape index (κ3) is 5.17. The number of carbonyl (C=O) groups excluding carboxylic acids is 2. The Kier molecular flexibility index (Phi) is 7.12. The van der Waals surface area contributed by atoms with Crippen molar-refractivity contribution >= 4 is 23.7 Å². The second kappa shape index (κ2) is 10.4. The number of carboxylic acids is 1. The predicted octanol–water partition coefficient (Wildman–Crippen LogP) is 4.19. The van der Waals surface area contributed by atoms with Gasteiger partial charge < -0.3 is 19.9 Å². The first kappa shape index (κ1) is 24.0. The molecule has 8 heteroatoms. The van der Waals surface area contributed by atoms with Gasteiger partial charge in [0.25, 0.3) is 5.91 Å². The smallest absolute Gasteiger partial charge is 0.411 e. The highest BCUT2D eigenvalue weighted by Crippen LogP contribution is 2.44.